The average molecular weight is 184 g/mol. The van der Waals surface area contributed by atoms with Gasteiger partial charge in [0.2, 0.25) is 0 Å². The number of unbranched alkanes of at least 4 members (excludes halogenated alkanes) is 2. The molecule has 78 valence electrons. The molecule has 0 N–H and O–H groups in total. The van der Waals surface area contributed by atoms with Gasteiger partial charge in [-0.2, -0.15) is 0 Å². The molecule has 0 aliphatic heterocycles. The third-order valence-corrected chi connectivity index (χ3v) is 3.01. The molecule has 0 aromatic rings. The lowest BCUT2D eigenvalue weighted by atomic mass is 9.77. The topological polar surface area (TPSA) is 17.1 Å². The van der Waals surface area contributed by atoms with Gasteiger partial charge < -0.3 is 4.79 Å². The minimum atomic E-state index is 0.00597. The third-order valence-electron chi connectivity index (χ3n) is 3.01. The van der Waals surface area contributed by atoms with Crippen LogP contribution in [-0.4, -0.2) is 6.29 Å². The molecule has 0 saturated carbocycles. The second-order valence-corrected chi connectivity index (χ2v) is 4.04. The Kier molecular flexibility index (Phi) is 6.93. The van der Waals surface area contributed by atoms with Crippen molar-refractivity contribution in [3.05, 3.63) is 0 Å². The van der Waals surface area contributed by atoms with Crippen LogP contribution in [0.4, 0.5) is 0 Å². The summed E-state index contributed by atoms with van der Waals surface area (Å²) in [6.45, 7) is 6.51. The van der Waals surface area contributed by atoms with Crippen LogP contribution in [-0.2, 0) is 4.79 Å². The van der Waals surface area contributed by atoms with Gasteiger partial charge in [-0.3, -0.25) is 0 Å². The summed E-state index contributed by atoms with van der Waals surface area (Å²) in [4.78, 5) is 11.1. The summed E-state index contributed by atoms with van der Waals surface area (Å²) in [5, 5.41) is 0. The maximum Gasteiger partial charge on any atom is 0.126 e. The minimum absolute atomic E-state index is 0.00597. The van der Waals surface area contributed by atoms with E-state index in [-0.39, 0.29) is 5.41 Å². The summed E-state index contributed by atoms with van der Waals surface area (Å²) in [6, 6.07) is 0. The molecule has 0 radical (unpaired) electrons. The zero-order valence-electron chi connectivity index (χ0n) is 9.44. The van der Waals surface area contributed by atoms with Crippen molar-refractivity contribution in [3.63, 3.8) is 0 Å². The smallest absolute Gasteiger partial charge is 0.126 e. The van der Waals surface area contributed by atoms with Gasteiger partial charge in [0, 0.05) is 5.41 Å². The Bertz CT molecular complexity index is 121. The number of carbonyl (C=O) groups excluding carboxylic acids is 1. The van der Waals surface area contributed by atoms with E-state index in [1.54, 1.807) is 0 Å². The van der Waals surface area contributed by atoms with Gasteiger partial charge in [-0.05, 0) is 19.3 Å². The summed E-state index contributed by atoms with van der Waals surface area (Å²) in [5.41, 5.74) is 0.00597. The predicted octanol–water partition coefficient (Wildman–Crippen LogP) is 3.96. The van der Waals surface area contributed by atoms with Gasteiger partial charge in [0.1, 0.15) is 6.29 Å². The zero-order valence-corrected chi connectivity index (χ0v) is 9.44. The largest absolute Gasteiger partial charge is 0.303 e. The van der Waals surface area contributed by atoms with E-state index in [1.165, 1.54) is 32.0 Å². The monoisotopic (exact) mass is 184 g/mol. The molecule has 0 heterocycles. The molecule has 1 nitrogen and oxygen atoms in total. The van der Waals surface area contributed by atoms with Crippen molar-refractivity contribution in [1.29, 1.82) is 0 Å². The fraction of sp³-hybridized carbons (Fsp3) is 0.917. The molecule has 0 aliphatic carbocycles. The van der Waals surface area contributed by atoms with Crippen LogP contribution in [0.25, 0.3) is 0 Å². The number of hydrogen-bond donors (Lipinski definition) is 0. The van der Waals surface area contributed by atoms with Gasteiger partial charge >= 0.3 is 0 Å². The van der Waals surface area contributed by atoms with Crippen LogP contribution in [0.15, 0.2) is 0 Å². The molecule has 0 fully saturated rings. The maximum absolute atomic E-state index is 11.1. The van der Waals surface area contributed by atoms with E-state index < -0.39 is 0 Å². The van der Waals surface area contributed by atoms with Crippen molar-refractivity contribution < 1.29 is 4.79 Å². The lowest BCUT2D eigenvalue weighted by molar-refractivity contribution is -0.117. The van der Waals surface area contributed by atoms with Crippen molar-refractivity contribution in [1.82, 2.24) is 0 Å². The first-order valence-corrected chi connectivity index (χ1v) is 5.71. The van der Waals surface area contributed by atoms with Crippen LogP contribution in [0.3, 0.4) is 0 Å². The van der Waals surface area contributed by atoms with Gasteiger partial charge in [0.25, 0.3) is 0 Å². The fourth-order valence-corrected chi connectivity index (χ4v) is 1.74. The van der Waals surface area contributed by atoms with E-state index in [1.807, 2.05) is 0 Å². The molecule has 0 unspecified atom stereocenters. The van der Waals surface area contributed by atoms with E-state index >= 15 is 0 Å². The number of hydrogen-bond acceptors (Lipinski definition) is 1. The molecule has 0 aromatic carbocycles. The lowest BCUT2D eigenvalue weighted by Gasteiger charge is -2.26. The molecule has 0 aliphatic rings. The van der Waals surface area contributed by atoms with Crippen LogP contribution < -0.4 is 0 Å². The lowest BCUT2D eigenvalue weighted by Crippen LogP contribution is -2.21. The number of rotatable bonds is 8. The van der Waals surface area contributed by atoms with Crippen molar-refractivity contribution >= 4 is 6.29 Å². The van der Waals surface area contributed by atoms with Gasteiger partial charge in [-0.15, -0.1) is 0 Å². The van der Waals surface area contributed by atoms with Crippen molar-refractivity contribution in [2.24, 2.45) is 5.41 Å². The Labute approximate surface area is 82.9 Å². The third kappa shape index (κ3) is 4.44. The predicted molar refractivity (Wildman–Crippen MR) is 57.8 cm³/mol. The highest BCUT2D eigenvalue weighted by atomic mass is 16.1. The highest BCUT2D eigenvalue weighted by molar-refractivity contribution is 5.59. The molecular formula is C12H24O. The molecule has 13 heavy (non-hydrogen) atoms. The first-order valence-electron chi connectivity index (χ1n) is 5.71. The molecule has 0 rings (SSSR count). The van der Waals surface area contributed by atoms with Crippen LogP contribution in [0.2, 0.25) is 0 Å². The molecular weight excluding hydrogens is 160 g/mol. The van der Waals surface area contributed by atoms with Crippen LogP contribution >= 0.6 is 0 Å². The number of carbonyl (C=O) groups is 1. The first kappa shape index (κ1) is 12.7. The summed E-state index contributed by atoms with van der Waals surface area (Å²) >= 11 is 0. The van der Waals surface area contributed by atoms with Crippen molar-refractivity contribution in [2.45, 2.75) is 65.7 Å². The van der Waals surface area contributed by atoms with Gasteiger partial charge in [0.05, 0.1) is 0 Å². The highest BCUT2D eigenvalue weighted by Gasteiger charge is 2.25. The standard InChI is InChI=1S/C12H24O/c1-4-7-9-12(6-3,11-13)10-8-5-2/h11H,4-10H2,1-3H3. The highest BCUT2D eigenvalue weighted by Crippen LogP contribution is 2.32. The molecule has 0 saturated heterocycles. The quantitative estimate of drug-likeness (QED) is 0.522. The Balaban J connectivity index is 4.04. The summed E-state index contributed by atoms with van der Waals surface area (Å²) in [5.74, 6) is 0. The Morgan fingerprint density at radius 2 is 1.46 bits per heavy atom. The van der Waals surface area contributed by atoms with E-state index in [0.717, 1.165) is 19.3 Å². The molecule has 1 heteroatoms. The fourth-order valence-electron chi connectivity index (χ4n) is 1.74. The van der Waals surface area contributed by atoms with E-state index in [2.05, 4.69) is 20.8 Å². The van der Waals surface area contributed by atoms with Gasteiger partial charge in [-0.25, -0.2) is 0 Å². The summed E-state index contributed by atoms with van der Waals surface area (Å²) < 4.78 is 0. The van der Waals surface area contributed by atoms with E-state index in [0.29, 0.717) is 0 Å². The van der Waals surface area contributed by atoms with Crippen LogP contribution in [0.1, 0.15) is 65.7 Å². The second kappa shape index (κ2) is 7.11. The first-order chi connectivity index (χ1) is 6.24. The molecule has 0 atom stereocenters. The average Bonchev–Trinajstić information content (AvgIpc) is 2.20. The van der Waals surface area contributed by atoms with Crippen LogP contribution in [0.5, 0.6) is 0 Å². The van der Waals surface area contributed by atoms with Crippen LogP contribution in [0, 0.1) is 5.41 Å². The Hall–Kier alpha value is -0.330. The van der Waals surface area contributed by atoms with Crippen molar-refractivity contribution in [3.8, 4) is 0 Å². The normalized spacial score (nSPS) is 11.6. The van der Waals surface area contributed by atoms with E-state index in [9.17, 15) is 4.79 Å². The Morgan fingerprint density at radius 3 is 1.69 bits per heavy atom. The number of aldehydes is 1. The molecule has 0 bridgehead atoms. The molecule has 0 amide bonds. The minimum Gasteiger partial charge on any atom is -0.303 e. The summed E-state index contributed by atoms with van der Waals surface area (Å²) in [7, 11) is 0. The maximum atomic E-state index is 11.1. The zero-order chi connectivity index (χ0) is 10.2. The van der Waals surface area contributed by atoms with Gasteiger partial charge in [-0.1, -0.05) is 46.5 Å². The van der Waals surface area contributed by atoms with E-state index in [4.69, 9.17) is 0 Å². The molecule has 0 spiro atoms. The Morgan fingerprint density at radius 1 is 1.00 bits per heavy atom. The molecule has 0 aromatic heterocycles. The van der Waals surface area contributed by atoms with Gasteiger partial charge in [0.15, 0.2) is 0 Å². The SMILES string of the molecule is CCCCC(C=O)(CC)CCCC. The summed E-state index contributed by atoms with van der Waals surface area (Å²) in [6.07, 6.45) is 9.16. The van der Waals surface area contributed by atoms with Crippen molar-refractivity contribution in [2.75, 3.05) is 0 Å². The second-order valence-electron chi connectivity index (χ2n) is 4.04.